The Morgan fingerprint density at radius 3 is 2.68 bits per heavy atom. The molecule has 19 heavy (non-hydrogen) atoms. The van der Waals surface area contributed by atoms with Crippen LogP contribution in [0.5, 0.6) is 5.75 Å². The van der Waals surface area contributed by atoms with Crippen LogP contribution >= 0.6 is 0 Å². The van der Waals surface area contributed by atoms with Crippen molar-refractivity contribution in [3.63, 3.8) is 0 Å². The van der Waals surface area contributed by atoms with Crippen LogP contribution in [0.15, 0.2) is 42.6 Å². The molecule has 0 saturated heterocycles. The highest BCUT2D eigenvalue weighted by atomic mass is 16.5. The van der Waals surface area contributed by atoms with E-state index >= 15 is 0 Å². The van der Waals surface area contributed by atoms with E-state index in [0.29, 0.717) is 6.61 Å². The summed E-state index contributed by atoms with van der Waals surface area (Å²) in [6, 6.07) is 12.1. The van der Waals surface area contributed by atoms with Crippen molar-refractivity contribution >= 4 is 0 Å². The molecule has 1 aromatic carbocycles. The first-order valence-corrected chi connectivity index (χ1v) is 6.70. The molecule has 4 nitrogen and oxygen atoms in total. The normalized spacial score (nSPS) is 12.3. The zero-order valence-electron chi connectivity index (χ0n) is 11.5. The van der Waals surface area contributed by atoms with Crippen LogP contribution in [-0.4, -0.2) is 22.9 Å². The van der Waals surface area contributed by atoms with E-state index < -0.39 is 0 Å². The first kappa shape index (κ1) is 13.6. The zero-order valence-corrected chi connectivity index (χ0v) is 11.5. The maximum absolute atomic E-state index is 5.84. The van der Waals surface area contributed by atoms with Crippen molar-refractivity contribution in [2.45, 2.75) is 19.4 Å². The third kappa shape index (κ3) is 3.83. The van der Waals surface area contributed by atoms with Gasteiger partial charge in [-0.25, -0.2) is 0 Å². The monoisotopic (exact) mass is 259 g/mol. The average molecular weight is 259 g/mol. The van der Waals surface area contributed by atoms with Gasteiger partial charge in [0, 0.05) is 13.2 Å². The van der Waals surface area contributed by atoms with Crippen molar-refractivity contribution in [2.75, 3.05) is 13.2 Å². The number of aromatic nitrogens is 2. The first-order valence-electron chi connectivity index (χ1n) is 6.70. The van der Waals surface area contributed by atoms with Crippen molar-refractivity contribution in [2.24, 2.45) is 7.05 Å². The lowest BCUT2D eigenvalue weighted by Gasteiger charge is -2.19. The summed E-state index contributed by atoms with van der Waals surface area (Å²) in [7, 11) is 1.96. The van der Waals surface area contributed by atoms with E-state index in [9.17, 15) is 0 Å². The van der Waals surface area contributed by atoms with E-state index in [2.05, 4.69) is 17.3 Å². The second-order valence-corrected chi connectivity index (χ2v) is 4.51. The Balaban J connectivity index is 2.00. The summed E-state index contributed by atoms with van der Waals surface area (Å²) in [5.74, 6) is 0.896. The summed E-state index contributed by atoms with van der Waals surface area (Å²) in [6.45, 7) is 3.73. The molecule has 102 valence electrons. The van der Waals surface area contributed by atoms with E-state index in [-0.39, 0.29) is 6.04 Å². The Labute approximate surface area is 114 Å². The molecule has 0 spiro atoms. The molecule has 2 rings (SSSR count). The molecule has 1 atom stereocenters. The van der Waals surface area contributed by atoms with Crippen LogP contribution in [0.4, 0.5) is 0 Å². The summed E-state index contributed by atoms with van der Waals surface area (Å²) >= 11 is 0. The molecule has 1 N–H and O–H groups in total. The maximum atomic E-state index is 5.84. The molecule has 1 unspecified atom stereocenters. The predicted molar refractivity (Wildman–Crippen MR) is 76.2 cm³/mol. The van der Waals surface area contributed by atoms with Gasteiger partial charge in [0.05, 0.1) is 11.7 Å². The number of hydrogen-bond donors (Lipinski definition) is 1. The lowest BCUT2D eigenvalue weighted by molar-refractivity contribution is 0.260. The van der Waals surface area contributed by atoms with E-state index in [4.69, 9.17) is 4.74 Å². The van der Waals surface area contributed by atoms with Crippen molar-refractivity contribution in [1.82, 2.24) is 15.1 Å². The fraction of sp³-hybridized carbons (Fsp3) is 0.400. The second kappa shape index (κ2) is 6.95. The highest BCUT2D eigenvalue weighted by Crippen LogP contribution is 2.15. The predicted octanol–water partition coefficient (Wildman–Crippen LogP) is 2.54. The molecule has 2 aromatic rings. The Hall–Kier alpha value is -1.81. The van der Waals surface area contributed by atoms with Gasteiger partial charge < -0.3 is 10.1 Å². The molecule has 0 saturated carbocycles. The van der Waals surface area contributed by atoms with Gasteiger partial charge in [-0.05, 0) is 31.2 Å². The largest absolute Gasteiger partial charge is 0.492 e. The van der Waals surface area contributed by atoms with Gasteiger partial charge in [-0.1, -0.05) is 25.1 Å². The van der Waals surface area contributed by atoms with Crippen LogP contribution in [0.25, 0.3) is 0 Å². The van der Waals surface area contributed by atoms with E-state index in [1.165, 1.54) is 0 Å². The molecular weight excluding hydrogens is 238 g/mol. The Morgan fingerprint density at radius 2 is 2.05 bits per heavy atom. The summed E-state index contributed by atoms with van der Waals surface area (Å²) in [5.41, 5.74) is 1.14. The summed E-state index contributed by atoms with van der Waals surface area (Å²) in [5, 5.41) is 7.72. The van der Waals surface area contributed by atoms with Gasteiger partial charge in [0.25, 0.3) is 0 Å². The number of nitrogens with one attached hydrogen (secondary N) is 1. The summed E-state index contributed by atoms with van der Waals surface area (Å²) in [6.07, 6.45) is 2.91. The molecule has 0 amide bonds. The second-order valence-electron chi connectivity index (χ2n) is 4.51. The number of ether oxygens (including phenoxy) is 1. The van der Waals surface area contributed by atoms with Gasteiger partial charge in [0.1, 0.15) is 12.4 Å². The molecule has 0 aliphatic carbocycles. The van der Waals surface area contributed by atoms with Gasteiger partial charge in [-0.2, -0.15) is 5.10 Å². The van der Waals surface area contributed by atoms with Gasteiger partial charge in [-0.15, -0.1) is 0 Å². The average Bonchev–Trinajstić information content (AvgIpc) is 2.86. The van der Waals surface area contributed by atoms with Crippen LogP contribution < -0.4 is 10.1 Å². The fourth-order valence-corrected chi connectivity index (χ4v) is 1.99. The first-order chi connectivity index (χ1) is 9.31. The van der Waals surface area contributed by atoms with Crippen LogP contribution in [0.3, 0.4) is 0 Å². The third-order valence-corrected chi connectivity index (χ3v) is 3.02. The van der Waals surface area contributed by atoms with E-state index in [1.807, 2.05) is 54.3 Å². The van der Waals surface area contributed by atoms with Gasteiger partial charge in [0.15, 0.2) is 0 Å². The minimum absolute atomic E-state index is 0.160. The topological polar surface area (TPSA) is 39.1 Å². The molecule has 4 heteroatoms. The quantitative estimate of drug-likeness (QED) is 0.830. The van der Waals surface area contributed by atoms with E-state index in [0.717, 1.165) is 24.4 Å². The van der Waals surface area contributed by atoms with Crippen LogP contribution in [0.1, 0.15) is 25.1 Å². The number of para-hydroxylation sites is 1. The highest BCUT2D eigenvalue weighted by molar-refractivity contribution is 5.21. The van der Waals surface area contributed by atoms with Crippen molar-refractivity contribution in [3.05, 3.63) is 48.3 Å². The smallest absolute Gasteiger partial charge is 0.119 e. The Kier molecular flexibility index (Phi) is 4.98. The van der Waals surface area contributed by atoms with Crippen LogP contribution in [-0.2, 0) is 7.05 Å². The SMILES string of the molecule is CCCNC(COc1ccccc1)c1ccnn1C. The van der Waals surface area contributed by atoms with Crippen LogP contribution in [0, 0.1) is 0 Å². The number of hydrogen-bond acceptors (Lipinski definition) is 3. The molecule has 0 aliphatic heterocycles. The maximum Gasteiger partial charge on any atom is 0.119 e. The Morgan fingerprint density at radius 1 is 1.26 bits per heavy atom. The molecule has 0 bridgehead atoms. The summed E-state index contributed by atoms with van der Waals surface area (Å²) < 4.78 is 7.73. The third-order valence-electron chi connectivity index (χ3n) is 3.02. The number of benzene rings is 1. The molecule has 1 aromatic heterocycles. The molecule has 0 fully saturated rings. The number of nitrogens with zero attached hydrogens (tertiary/aromatic N) is 2. The van der Waals surface area contributed by atoms with Crippen molar-refractivity contribution in [3.8, 4) is 5.75 Å². The Bertz CT molecular complexity index is 481. The van der Waals surface area contributed by atoms with Crippen molar-refractivity contribution < 1.29 is 4.74 Å². The molecule has 1 heterocycles. The summed E-state index contributed by atoms with van der Waals surface area (Å²) in [4.78, 5) is 0. The van der Waals surface area contributed by atoms with Gasteiger partial charge in [-0.3, -0.25) is 4.68 Å². The lowest BCUT2D eigenvalue weighted by atomic mass is 10.2. The minimum atomic E-state index is 0.160. The lowest BCUT2D eigenvalue weighted by Crippen LogP contribution is -2.29. The fourth-order valence-electron chi connectivity index (χ4n) is 1.99. The van der Waals surface area contributed by atoms with E-state index in [1.54, 1.807) is 0 Å². The number of rotatable bonds is 7. The highest BCUT2D eigenvalue weighted by Gasteiger charge is 2.14. The van der Waals surface area contributed by atoms with Gasteiger partial charge in [0.2, 0.25) is 0 Å². The zero-order chi connectivity index (χ0) is 13.5. The minimum Gasteiger partial charge on any atom is -0.492 e. The molecule has 0 radical (unpaired) electrons. The molecule has 0 aliphatic rings. The van der Waals surface area contributed by atoms with Crippen LogP contribution in [0.2, 0.25) is 0 Å². The van der Waals surface area contributed by atoms with Gasteiger partial charge >= 0.3 is 0 Å². The standard InChI is InChI=1S/C15H21N3O/c1-3-10-16-14(15-9-11-17-18(15)2)12-19-13-7-5-4-6-8-13/h4-9,11,14,16H,3,10,12H2,1-2H3. The van der Waals surface area contributed by atoms with Crippen molar-refractivity contribution in [1.29, 1.82) is 0 Å². The molecular formula is C15H21N3O. The number of aryl methyl sites for hydroxylation is 1.